The van der Waals surface area contributed by atoms with Crippen molar-refractivity contribution in [2.75, 3.05) is 65.6 Å². The molecule has 1 rings (SSSR count). The van der Waals surface area contributed by atoms with Crippen LogP contribution in [-0.4, -0.2) is 112 Å². The van der Waals surface area contributed by atoms with Gasteiger partial charge in [-0.25, -0.2) is 9.59 Å². The summed E-state index contributed by atoms with van der Waals surface area (Å²) in [4.78, 5) is 53.4. The number of hydrogen-bond donors (Lipinski definition) is 2. The highest BCUT2D eigenvalue weighted by Crippen LogP contribution is 2.10. The van der Waals surface area contributed by atoms with E-state index in [1.54, 1.807) is 0 Å². The second-order valence-electron chi connectivity index (χ2n) is 13.1. The van der Waals surface area contributed by atoms with E-state index in [0.29, 0.717) is 39.4 Å². The zero-order valence-electron chi connectivity index (χ0n) is 31.4. The minimum absolute atomic E-state index is 0.0294. The molecule has 286 valence electrons. The van der Waals surface area contributed by atoms with Gasteiger partial charge in [0.2, 0.25) is 0 Å². The fourth-order valence-corrected chi connectivity index (χ4v) is 5.79. The Balaban J connectivity index is 2.23. The summed E-state index contributed by atoms with van der Waals surface area (Å²) >= 11 is 0. The first-order valence-corrected chi connectivity index (χ1v) is 19.5. The van der Waals surface area contributed by atoms with Crippen LogP contribution in [0.4, 0.5) is 9.59 Å². The molecule has 2 amide bonds. The maximum Gasteiger partial charge on any atom is 0.407 e. The Morgan fingerprint density at radius 1 is 0.633 bits per heavy atom. The Kier molecular flexibility index (Phi) is 27.4. The second-order valence-corrected chi connectivity index (χ2v) is 13.1. The Bertz CT molecular complexity index is 813. The van der Waals surface area contributed by atoms with Crippen molar-refractivity contribution >= 4 is 24.1 Å². The minimum atomic E-state index is -0.363. The van der Waals surface area contributed by atoms with E-state index in [2.05, 4.69) is 34.3 Å². The van der Waals surface area contributed by atoms with Crippen LogP contribution in [0.2, 0.25) is 0 Å². The number of hydrogen-bond acceptors (Lipinski definition) is 10. The molecule has 12 heteroatoms. The molecule has 0 saturated carbocycles. The van der Waals surface area contributed by atoms with Gasteiger partial charge in [-0.1, -0.05) is 40.5 Å². The van der Waals surface area contributed by atoms with Crippen molar-refractivity contribution in [1.29, 1.82) is 0 Å². The quantitative estimate of drug-likeness (QED) is 0.0480. The molecular weight excluding hydrogens is 628 g/mol. The van der Waals surface area contributed by atoms with Gasteiger partial charge in [0.05, 0.1) is 26.1 Å². The molecule has 2 atom stereocenters. The van der Waals surface area contributed by atoms with Crippen LogP contribution in [0.5, 0.6) is 0 Å². The monoisotopic (exact) mass is 699 g/mol. The van der Waals surface area contributed by atoms with Gasteiger partial charge in [0, 0.05) is 26.2 Å². The highest BCUT2D eigenvalue weighted by molar-refractivity contribution is 5.70. The first kappa shape index (κ1) is 44.4. The summed E-state index contributed by atoms with van der Waals surface area (Å²) in [5, 5.41) is 5.60. The zero-order valence-corrected chi connectivity index (χ0v) is 31.4. The molecule has 1 aliphatic heterocycles. The SMILES string of the molecule is CCCC(CC)OC(=O)NCCCCCOC(=O)CCN(CCCN1CCCC1)CCC(=O)OCCCCCNC(=O)OC(CC)CCC. The first-order valence-electron chi connectivity index (χ1n) is 19.5. The molecule has 0 aromatic rings. The first-order chi connectivity index (χ1) is 23.8. The number of esters is 2. The van der Waals surface area contributed by atoms with Crippen molar-refractivity contribution in [2.45, 2.75) is 149 Å². The van der Waals surface area contributed by atoms with E-state index in [4.69, 9.17) is 18.9 Å². The predicted molar refractivity (Wildman–Crippen MR) is 193 cm³/mol. The lowest BCUT2D eigenvalue weighted by atomic mass is 10.2. The largest absolute Gasteiger partial charge is 0.466 e. The Labute approximate surface area is 297 Å². The second kappa shape index (κ2) is 30.2. The molecule has 1 fully saturated rings. The average molecular weight is 699 g/mol. The molecule has 1 heterocycles. The van der Waals surface area contributed by atoms with Crippen LogP contribution in [-0.2, 0) is 28.5 Å². The molecular formula is C37H70N4O8. The van der Waals surface area contributed by atoms with Crippen LogP contribution in [0, 0.1) is 0 Å². The van der Waals surface area contributed by atoms with Crippen LogP contribution in [0.1, 0.15) is 137 Å². The lowest BCUT2D eigenvalue weighted by Crippen LogP contribution is -2.33. The third kappa shape index (κ3) is 25.1. The van der Waals surface area contributed by atoms with Crippen molar-refractivity contribution in [3.05, 3.63) is 0 Å². The van der Waals surface area contributed by atoms with E-state index in [9.17, 15) is 19.2 Å². The third-order valence-corrected chi connectivity index (χ3v) is 8.80. The van der Waals surface area contributed by atoms with Gasteiger partial charge in [0.15, 0.2) is 0 Å². The standard InChI is InChI=1S/C37H70N4O8/c1-5-18-32(7-3)48-36(44)38-22-11-9-15-30-46-34(42)20-28-41(27-17-26-40-24-13-14-25-40)29-21-35(43)47-31-16-10-12-23-39-37(45)49-33(8-4)19-6-2/h32-33H,5-31H2,1-4H3,(H,38,44)(H,39,45). The summed E-state index contributed by atoms with van der Waals surface area (Å²) in [6.45, 7) is 15.2. The van der Waals surface area contributed by atoms with Gasteiger partial charge in [-0.05, 0) is 110 Å². The van der Waals surface area contributed by atoms with Crippen LogP contribution >= 0.6 is 0 Å². The predicted octanol–water partition coefficient (Wildman–Crippen LogP) is 6.59. The van der Waals surface area contributed by atoms with E-state index in [0.717, 1.165) is 110 Å². The number of amides is 2. The number of likely N-dealkylation sites (tertiary alicyclic amines) is 1. The van der Waals surface area contributed by atoms with Crippen molar-refractivity contribution in [2.24, 2.45) is 0 Å². The van der Waals surface area contributed by atoms with E-state index >= 15 is 0 Å². The lowest BCUT2D eigenvalue weighted by Gasteiger charge is -2.23. The highest BCUT2D eigenvalue weighted by atomic mass is 16.6. The molecule has 0 bridgehead atoms. The molecule has 49 heavy (non-hydrogen) atoms. The van der Waals surface area contributed by atoms with Crippen LogP contribution in [0.25, 0.3) is 0 Å². The van der Waals surface area contributed by atoms with Crippen LogP contribution in [0.15, 0.2) is 0 Å². The summed E-state index contributed by atoms with van der Waals surface area (Å²) in [6, 6.07) is 0. The van der Waals surface area contributed by atoms with Gasteiger partial charge in [0.25, 0.3) is 0 Å². The molecule has 1 aliphatic rings. The number of nitrogens with one attached hydrogen (secondary N) is 2. The van der Waals surface area contributed by atoms with Gasteiger partial charge in [0.1, 0.15) is 12.2 Å². The number of alkyl carbamates (subject to hydrolysis) is 2. The van der Waals surface area contributed by atoms with E-state index in [-0.39, 0.29) is 49.2 Å². The number of unbranched alkanes of at least 4 members (excludes halogenated alkanes) is 4. The zero-order chi connectivity index (χ0) is 36.0. The summed E-state index contributed by atoms with van der Waals surface area (Å²) in [6.07, 6.45) is 13.4. The van der Waals surface area contributed by atoms with Gasteiger partial charge < -0.3 is 39.4 Å². The molecule has 2 N–H and O–H groups in total. The molecule has 0 aliphatic carbocycles. The van der Waals surface area contributed by atoms with Crippen molar-refractivity contribution in [3.63, 3.8) is 0 Å². The number of rotatable bonds is 30. The van der Waals surface area contributed by atoms with E-state index in [1.807, 2.05) is 13.8 Å². The van der Waals surface area contributed by atoms with Gasteiger partial charge in [-0.15, -0.1) is 0 Å². The Morgan fingerprint density at radius 2 is 1.10 bits per heavy atom. The Morgan fingerprint density at radius 3 is 1.53 bits per heavy atom. The summed E-state index contributed by atoms with van der Waals surface area (Å²) in [7, 11) is 0. The van der Waals surface area contributed by atoms with Crippen LogP contribution in [0.3, 0.4) is 0 Å². The van der Waals surface area contributed by atoms with E-state index in [1.165, 1.54) is 12.8 Å². The van der Waals surface area contributed by atoms with Gasteiger partial charge in [-0.2, -0.15) is 0 Å². The number of ether oxygens (including phenoxy) is 4. The normalized spacial score (nSPS) is 14.3. The summed E-state index contributed by atoms with van der Waals surface area (Å²) < 4.78 is 21.7. The number of nitrogens with zero attached hydrogens (tertiary/aromatic N) is 2. The lowest BCUT2D eigenvalue weighted by molar-refractivity contribution is -0.144. The maximum atomic E-state index is 12.5. The molecule has 0 spiro atoms. The van der Waals surface area contributed by atoms with E-state index < -0.39 is 0 Å². The third-order valence-electron chi connectivity index (χ3n) is 8.80. The van der Waals surface area contributed by atoms with Crippen molar-refractivity contribution in [1.82, 2.24) is 20.4 Å². The molecule has 0 aromatic heterocycles. The number of carbonyl (C=O) groups is 4. The average Bonchev–Trinajstić information content (AvgIpc) is 3.61. The van der Waals surface area contributed by atoms with Gasteiger partial charge in [-0.3, -0.25) is 9.59 Å². The van der Waals surface area contributed by atoms with Crippen LogP contribution < -0.4 is 10.6 Å². The molecule has 0 radical (unpaired) electrons. The molecule has 2 unspecified atom stereocenters. The minimum Gasteiger partial charge on any atom is -0.466 e. The maximum absolute atomic E-state index is 12.5. The molecule has 1 saturated heterocycles. The number of carbonyl (C=O) groups excluding carboxylic acids is 4. The van der Waals surface area contributed by atoms with Crippen molar-refractivity contribution < 1.29 is 38.1 Å². The fraction of sp³-hybridized carbons (Fsp3) is 0.892. The summed E-state index contributed by atoms with van der Waals surface area (Å²) in [5.74, 6) is -0.464. The smallest absolute Gasteiger partial charge is 0.407 e. The molecule has 0 aromatic carbocycles. The Hall–Kier alpha value is -2.60. The summed E-state index contributed by atoms with van der Waals surface area (Å²) in [5.41, 5.74) is 0. The highest BCUT2D eigenvalue weighted by Gasteiger charge is 2.16. The topological polar surface area (TPSA) is 136 Å². The van der Waals surface area contributed by atoms with Gasteiger partial charge >= 0.3 is 24.1 Å². The fourth-order valence-electron chi connectivity index (χ4n) is 5.79. The molecule has 12 nitrogen and oxygen atoms in total. The van der Waals surface area contributed by atoms with Crippen molar-refractivity contribution in [3.8, 4) is 0 Å².